The summed E-state index contributed by atoms with van der Waals surface area (Å²) in [5.74, 6) is 0. The van der Waals surface area contributed by atoms with Crippen LogP contribution in [0.3, 0.4) is 0 Å². The topological polar surface area (TPSA) is 37.8 Å². The Hall–Kier alpha value is -2.94. The van der Waals surface area contributed by atoms with E-state index < -0.39 is 0 Å². The molecule has 4 rings (SSSR count). The first-order valence-electron chi connectivity index (χ1n) is 9.26. The predicted molar refractivity (Wildman–Crippen MR) is 112 cm³/mol. The lowest BCUT2D eigenvalue weighted by Gasteiger charge is -2.08. The number of hydrogen-bond donors (Lipinski definition) is 1. The normalized spacial score (nSPS) is 10.3. The molecule has 0 fully saturated rings. The zero-order valence-electron chi connectivity index (χ0n) is 15.2. The van der Waals surface area contributed by atoms with Gasteiger partial charge in [-0.15, -0.1) is 0 Å². The van der Waals surface area contributed by atoms with Gasteiger partial charge in [0.05, 0.1) is 16.7 Å². The van der Waals surface area contributed by atoms with Gasteiger partial charge in [-0.25, -0.2) is 0 Å². The third-order valence-electron chi connectivity index (χ3n) is 4.24. The van der Waals surface area contributed by atoms with Crippen LogP contribution in [0.15, 0.2) is 79.1 Å². The van der Waals surface area contributed by atoms with Crippen LogP contribution in [0.2, 0.25) is 0 Å². The van der Waals surface area contributed by atoms with Crippen LogP contribution in [0.4, 0.5) is 5.69 Å². The average Bonchev–Trinajstić information content (AvgIpc) is 2.72. The number of nitrogens with one attached hydrogen (secondary N) is 1. The van der Waals surface area contributed by atoms with E-state index in [-0.39, 0.29) is 0 Å². The lowest BCUT2D eigenvalue weighted by atomic mass is 10.2. The van der Waals surface area contributed by atoms with E-state index in [1.54, 1.807) is 0 Å². The highest BCUT2D eigenvalue weighted by atomic mass is 14.9. The third-order valence-corrected chi connectivity index (χ3v) is 4.24. The second kappa shape index (κ2) is 9.52. The Morgan fingerprint density at radius 3 is 2.31 bits per heavy atom. The number of para-hydroxylation sites is 2. The number of aromatic nitrogens is 2. The molecule has 26 heavy (non-hydrogen) atoms. The van der Waals surface area contributed by atoms with Crippen molar-refractivity contribution in [1.29, 1.82) is 0 Å². The van der Waals surface area contributed by atoms with Crippen molar-refractivity contribution in [2.24, 2.45) is 0 Å². The Bertz CT molecular complexity index is 879. The molecule has 4 aromatic rings. The number of pyridine rings is 2. The minimum atomic E-state index is 1.03. The fourth-order valence-electron chi connectivity index (χ4n) is 2.86. The molecule has 0 atom stereocenters. The lowest BCUT2D eigenvalue weighted by molar-refractivity contribution is 0.744. The van der Waals surface area contributed by atoms with Crippen molar-refractivity contribution < 1.29 is 0 Å². The molecule has 1 N–H and O–H groups in total. The van der Waals surface area contributed by atoms with Crippen LogP contribution in [-0.4, -0.2) is 16.5 Å². The van der Waals surface area contributed by atoms with Gasteiger partial charge in [-0.05, 0) is 30.7 Å². The maximum atomic E-state index is 4.42. The van der Waals surface area contributed by atoms with Gasteiger partial charge in [-0.3, -0.25) is 9.97 Å². The minimum Gasteiger partial charge on any atom is -0.383 e. The molecule has 132 valence electrons. The summed E-state index contributed by atoms with van der Waals surface area (Å²) in [7, 11) is 0. The molecule has 0 saturated heterocycles. The van der Waals surface area contributed by atoms with E-state index in [1.165, 1.54) is 30.0 Å². The van der Waals surface area contributed by atoms with Crippen molar-refractivity contribution in [2.45, 2.75) is 26.2 Å². The summed E-state index contributed by atoms with van der Waals surface area (Å²) in [6, 6.07) is 22.4. The molecule has 0 aliphatic rings. The van der Waals surface area contributed by atoms with Gasteiger partial charge in [0.15, 0.2) is 0 Å². The number of unbranched alkanes of at least 4 members (excludes halogenated alkanes) is 2. The zero-order valence-corrected chi connectivity index (χ0v) is 15.2. The van der Waals surface area contributed by atoms with Crippen molar-refractivity contribution in [3.05, 3.63) is 79.1 Å². The standard InChI is InChI=1S/C14H18N2.C9H7N/c1-2-3-4-10-15-13-9-5-7-12-8-6-11-16-14(12)13;1-2-6-9-8(4-1)5-3-7-10-9/h5-9,11,15H,2-4,10H2,1H3;1-7H. The van der Waals surface area contributed by atoms with Gasteiger partial charge in [0.2, 0.25) is 0 Å². The first kappa shape index (κ1) is 17.9. The summed E-state index contributed by atoms with van der Waals surface area (Å²) in [4.78, 5) is 8.60. The van der Waals surface area contributed by atoms with E-state index in [1.807, 2.05) is 42.7 Å². The van der Waals surface area contributed by atoms with Crippen LogP contribution < -0.4 is 5.32 Å². The van der Waals surface area contributed by atoms with Gasteiger partial charge >= 0.3 is 0 Å². The molecule has 3 nitrogen and oxygen atoms in total. The van der Waals surface area contributed by atoms with Gasteiger partial charge in [-0.2, -0.15) is 0 Å². The third kappa shape index (κ3) is 4.79. The van der Waals surface area contributed by atoms with Crippen molar-refractivity contribution in [3.63, 3.8) is 0 Å². The van der Waals surface area contributed by atoms with Gasteiger partial charge in [0, 0.05) is 29.7 Å². The summed E-state index contributed by atoms with van der Waals surface area (Å²) in [6.45, 7) is 3.25. The Balaban J connectivity index is 0.000000167. The van der Waals surface area contributed by atoms with Crippen molar-refractivity contribution in [1.82, 2.24) is 9.97 Å². The van der Waals surface area contributed by atoms with E-state index in [4.69, 9.17) is 0 Å². The molecule has 0 aliphatic heterocycles. The van der Waals surface area contributed by atoms with Gasteiger partial charge in [-0.1, -0.05) is 62.2 Å². The molecule has 0 radical (unpaired) electrons. The van der Waals surface area contributed by atoms with Crippen LogP contribution in [0.1, 0.15) is 26.2 Å². The van der Waals surface area contributed by atoms with E-state index >= 15 is 0 Å². The van der Waals surface area contributed by atoms with Gasteiger partial charge < -0.3 is 5.32 Å². The minimum absolute atomic E-state index is 1.03. The van der Waals surface area contributed by atoms with Crippen LogP contribution in [0, 0.1) is 0 Å². The molecule has 3 heteroatoms. The summed E-state index contributed by atoms with van der Waals surface area (Å²) in [6.07, 6.45) is 7.42. The first-order valence-corrected chi connectivity index (χ1v) is 9.26. The fraction of sp³-hybridized carbons (Fsp3) is 0.217. The van der Waals surface area contributed by atoms with E-state index in [0.29, 0.717) is 0 Å². The van der Waals surface area contributed by atoms with Crippen LogP contribution in [-0.2, 0) is 0 Å². The Morgan fingerprint density at radius 1 is 0.731 bits per heavy atom. The first-order chi connectivity index (χ1) is 12.9. The average molecular weight is 343 g/mol. The summed E-state index contributed by atoms with van der Waals surface area (Å²) in [5.41, 5.74) is 3.28. The highest BCUT2D eigenvalue weighted by Gasteiger charge is 1.99. The molecule has 0 aliphatic carbocycles. The zero-order chi connectivity index (χ0) is 18.0. The maximum absolute atomic E-state index is 4.42. The number of hydrogen-bond acceptors (Lipinski definition) is 3. The highest BCUT2D eigenvalue weighted by Crippen LogP contribution is 2.20. The number of fused-ring (bicyclic) bond motifs is 2. The molecular weight excluding hydrogens is 318 g/mol. The molecule has 2 heterocycles. The van der Waals surface area contributed by atoms with E-state index in [9.17, 15) is 0 Å². The van der Waals surface area contributed by atoms with E-state index in [2.05, 4.69) is 58.6 Å². The highest BCUT2D eigenvalue weighted by molar-refractivity contribution is 5.90. The summed E-state index contributed by atoms with van der Waals surface area (Å²) in [5, 5.41) is 5.86. The Labute approximate surface area is 155 Å². The molecule has 0 bridgehead atoms. The Morgan fingerprint density at radius 2 is 1.46 bits per heavy atom. The van der Waals surface area contributed by atoms with Crippen molar-refractivity contribution >= 4 is 27.5 Å². The number of anilines is 1. The summed E-state index contributed by atoms with van der Waals surface area (Å²) < 4.78 is 0. The molecule has 2 aromatic carbocycles. The SMILES string of the molecule is CCCCCNc1cccc2cccnc12.c1ccc2ncccc2c1. The van der Waals surface area contributed by atoms with Gasteiger partial charge in [0.25, 0.3) is 0 Å². The molecule has 0 spiro atoms. The molecule has 0 unspecified atom stereocenters. The summed E-state index contributed by atoms with van der Waals surface area (Å²) >= 11 is 0. The molecule has 2 aromatic heterocycles. The molecular formula is C23H25N3. The fourth-order valence-corrected chi connectivity index (χ4v) is 2.86. The molecule has 0 saturated carbocycles. The Kier molecular flexibility index (Phi) is 6.54. The predicted octanol–water partition coefficient (Wildman–Crippen LogP) is 6.07. The van der Waals surface area contributed by atoms with E-state index in [0.717, 1.165) is 23.3 Å². The second-order valence-electron chi connectivity index (χ2n) is 6.21. The second-order valence-corrected chi connectivity index (χ2v) is 6.21. The smallest absolute Gasteiger partial charge is 0.0933 e. The maximum Gasteiger partial charge on any atom is 0.0933 e. The van der Waals surface area contributed by atoms with Crippen LogP contribution in [0.5, 0.6) is 0 Å². The van der Waals surface area contributed by atoms with Gasteiger partial charge in [0.1, 0.15) is 0 Å². The van der Waals surface area contributed by atoms with Crippen LogP contribution in [0.25, 0.3) is 21.8 Å². The number of benzene rings is 2. The molecule has 0 amide bonds. The largest absolute Gasteiger partial charge is 0.383 e. The quantitative estimate of drug-likeness (QED) is 0.447. The van der Waals surface area contributed by atoms with Crippen molar-refractivity contribution in [2.75, 3.05) is 11.9 Å². The lowest BCUT2D eigenvalue weighted by Crippen LogP contribution is -2.02. The van der Waals surface area contributed by atoms with Crippen molar-refractivity contribution in [3.8, 4) is 0 Å². The number of nitrogens with zero attached hydrogens (tertiary/aromatic N) is 2. The number of rotatable bonds is 5. The van der Waals surface area contributed by atoms with Crippen LogP contribution >= 0.6 is 0 Å². The monoisotopic (exact) mass is 343 g/mol.